The van der Waals surface area contributed by atoms with Gasteiger partial charge in [-0.1, -0.05) is 24.6 Å². The van der Waals surface area contributed by atoms with Crippen LogP contribution in [0.4, 0.5) is 0 Å². The molecule has 0 radical (unpaired) electrons. The monoisotopic (exact) mass is 374 g/mol. The third-order valence-electron chi connectivity index (χ3n) is 8.74. The number of hydrogen-bond acceptors (Lipinski definition) is 4. The maximum absolute atomic E-state index is 10.6. The summed E-state index contributed by atoms with van der Waals surface area (Å²) in [6, 6.07) is 0. The number of rotatable bonds is 4. The number of nitrogens with zero attached hydrogens (tertiary/aromatic N) is 2. The van der Waals surface area contributed by atoms with Crippen LogP contribution in [0.2, 0.25) is 0 Å². The average Bonchev–Trinajstić information content (AvgIpc) is 2.94. The normalized spacial score (nSPS) is 45.3. The van der Waals surface area contributed by atoms with Crippen molar-refractivity contribution in [3.8, 4) is 0 Å². The Balaban J connectivity index is 1.49. The molecule has 4 rings (SSSR count). The second kappa shape index (κ2) is 7.18. The second-order valence-corrected chi connectivity index (χ2v) is 10.4. The molecule has 0 spiro atoms. The highest BCUT2D eigenvalue weighted by molar-refractivity contribution is 5.96. The van der Waals surface area contributed by atoms with E-state index in [1.54, 1.807) is 5.57 Å². The third-order valence-corrected chi connectivity index (χ3v) is 8.74. The van der Waals surface area contributed by atoms with Crippen LogP contribution in [0.3, 0.4) is 0 Å². The van der Waals surface area contributed by atoms with Gasteiger partial charge in [0.15, 0.2) is 0 Å². The van der Waals surface area contributed by atoms with Gasteiger partial charge in [-0.15, -0.1) is 0 Å². The Hall–Kier alpha value is -0.870. The van der Waals surface area contributed by atoms with Gasteiger partial charge in [-0.3, -0.25) is 0 Å². The number of allylic oxidation sites excluding steroid dienone is 2. The number of aliphatic hydroxyl groups is 1. The van der Waals surface area contributed by atoms with Gasteiger partial charge >= 0.3 is 0 Å². The molecule has 0 aromatic heterocycles. The van der Waals surface area contributed by atoms with Crippen molar-refractivity contribution in [3.63, 3.8) is 0 Å². The Bertz CT molecular complexity index is 628. The minimum absolute atomic E-state index is 0.0717. The van der Waals surface area contributed by atoms with Crippen molar-refractivity contribution >= 4 is 5.71 Å². The molecule has 0 aromatic rings. The van der Waals surface area contributed by atoms with Crippen molar-refractivity contribution in [2.45, 2.75) is 71.3 Å². The predicted octanol–water partition coefficient (Wildman–Crippen LogP) is 4.24. The molecule has 0 aromatic carbocycles. The van der Waals surface area contributed by atoms with Crippen LogP contribution in [0, 0.1) is 28.6 Å². The fourth-order valence-corrected chi connectivity index (χ4v) is 6.97. The molecule has 0 amide bonds. The summed E-state index contributed by atoms with van der Waals surface area (Å²) in [4.78, 5) is 7.68. The molecule has 0 saturated heterocycles. The first kappa shape index (κ1) is 19.4. The minimum Gasteiger partial charge on any atom is -0.394 e. The molecule has 4 nitrogen and oxygen atoms in total. The van der Waals surface area contributed by atoms with Gasteiger partial charge in [-0.2, -0.15) is 0 Å². The Morgan fingerprint density at radius 3 is 2.70 bits per heavy atom. The SMILES string of the molecule is CN(C)CCO/N=C1\C=C2CCC3C(CCC4(C)C(O)CCC34)C2(C)CC1. The van der Waals surface area contributed by atoms with Crippen LogP contribution in [0.15, 0.2) is 16.8 Å². The Morgan fingerprint density at radius 2 is 1.93 bits per heavy atom. The molecule has 0 heterocycles. The van der Waals surface area contributed by atoms with Gasteiger partial charge < -0.3 is 14.8 Å². The van der Waals surface area contributed by atoms with Gasteiger partial charge in [0.1, 0.15) is 6.61 Å². The maximum Gasteiger partial charge on any atom is 0.129 e. The van der Waals surface area contributed by atoms with Crippen LogP contribution < -0.4 is 0 Å². The van der Waals surface area contributed by atoms with E-state index in [1.807, 2.05) is 0 Å². The molecule has 152 valence electrons. The summed E-state index contributed by atoms with van der Waals surface area (Å²) >= 11 is 0. The maximum atomic E-state index is 10.6. The van der Waals surface area contributed by atoms with Gasteiger partial charge in [0.2, 0.25) is 0 Å². The molecule has 1 N–H and O–H groups in total. The molecule has 4 heteroatoms. The Labute approximate surface area is 165 Å². The molecule has 0 bridgehead atoms. The summed E-state index contributed by atoms with van der Waals surface area (Å²) in [5.41, 5.74) is 3.27. The Morgan fingerprint density at radius 1 is 1.11 bits per heavy atom. The fraction of sp³-hybridized carbons (Fsp3) is 0.870. The summed E-state index contributed by atoms with van der Waals surface area (Å²) in [5, 5.41) is 15.0. The topological polar surface area (TPSA) is 45.1 Å². The van der Waals surface area contributed by atoms with E-state index >= 15 is 0 Å². The Kier molecular flexibility index (Phi) is 5.17. The van der Waals surface area contributed by atoms with E-state index in [1.165, 1.54) is 38.5 Å². The predicted molar refractivity (Wildman–Crippen MR) is 110 cm³/mol. The van der Waals surface area contributed by atoms with Gasteiger partial charge in [0, 0.05) is 6.54 Å². The molecule has 27 heavy (non-hydrogen) atoms. The number of aliphatic hydroxyl groups excluding tert-OH is 1. The minimum atomic E-state index is -0.0717. The highest BCUT2D eigenvalue weighted by Crippen LogP contribution is 2.65. The van der Waals surface area contributed by atoms with E-state index in [9.17, 15) is 5.11 Å². The van der Waals surface area contributed by atoms with E-state index in [0.717, 1.165) is 42.9 Å². The lowest BCUT2D eigenvalue weighted by molar-refractivity contribution is -0.0722. The summed E-state index contributed by atoms with van der Waals surface area (Å²) in [6.07, 6.45) is 11.8. The average molecular weight is 375 g/mol. The molecule has 3 fully saturated rings. The first-order valence-electron chi connectivity index (χ1n) is 11.1. The summed E-state index contributed by atoms with van der Waals surface area (Å²) in [6.45, 7) is 6.45. The zero-order valence-electron chi connectivity index (χ0n) is 17.7. The van der Waals surface area contributed by atoms with Crippen LogP contribution in [-0.4, -0.2) is 49.1 Å². The summed E-state index contributed by atoms with van der Waals surface area (Å²) < 4.78 is 0. The first-order chi connectivity index (χ1) is 12.8. The van der Waals surface area contributed by atoms with Crippen LogP contribution in [0.5, 0.6) is 0 Å². The molecule has 6 atom stereocenters. The molecule has 3 saturated carbocycles. The van der Waals surface area contributed by atoms with Gasteiger partial charge in [-0.05, 0) is 100 Å². The van der Waals surface area contributed by atoms with Gasteiger partial charge in [0.25, 0.3) is 0 Å². The smallest absolute Gasteiger partial charge is 0.129 e. The van der Waals surface area contributed by atoms with Crippen molar-refractivity contribution in [2.75, 3.05) is 27.2 Å². The summed E-state index contributed by atoms with van der Waals surface area (Å²) in [7, 11) is 4.11. The molecular formula is C23H38N2O2. The number of fused-ring (bicyclic) bond motifs is 5. The number of hydrogen-bond donors (Lipinski definition) is 1. The van der Waals surface area contributed by atoms with Gasteiger partial charge in [0.05, 0.1) is 11.8 Å². The van der Waals surface area contributed by atoms with Crippen LogP contribution in [0.25, 0.3) is 0 Å². The number of oxime groups is 1. The fourth-order valence-electron chi connectivity index (χ4n) is 6.97. The largest absolute Gasteiger partial charge is 0.394 e. The van der Waals surface area contributed by atoms with E-state index in [0.29, 0.717) is 12.0 Å². The van der Waals surface area contributed by atoms with Crippen molar-refractivity contribution < 1.29 is 9.94 Å². The summed E-state index contributed by atoms with van der Waals surface area (Å²) in [5.74, 6) is 2.32. The molecule has 4 aliphatic rings. The quantitative estimate of drug-likeness (QED) is 0.591. The second-order valence-electron chi connectivity index (χ2n) is 10.4. The van der Waals surface area contributed by atoms with E-state index in [-0.39, 0.29) is 11.5 Å². The molecular weight excluding hydrogens is 336 g/mol. The van der Waals surface area contributed by atoms with E-state index < -0.39 is 0 Å². The lowest BCUT2D eigenvalue weighted by atomic mass is 9.47. The molecule has 0 aliphatic heterocycles. The van der Waals surface area contributed by atoms with E-state index in [4.69, 9.17) is 4.84 Å². The standard InChI is InChI=1S/C23H38N2O2/c1-22-11-9-17(24-27-14-13-25(3)4)15-16(22)5-6-18-19-7-8-21(26)23(19,2)12-10-20(18)22/h15,18-21,26H,5-14H2,1-4H3/b24-17-. The highest BCUT2D eigenvalue weighted by atomic mass is 16.6. The zero-order chi connectivity index (χ0) is 19.2. The van der Waals surface area contributed by atoms with E-state index in [2.05, 4.69) is 44.1 Å². The van der Waals surface area contributed by atoms with Crippen molar-refractivity contribution in [1.82, 2.24) is 4.90 Å². The first-order valence-corrected chi connectivity index (χ1v) is 11.1. The van der Waals surface area contributed by atoms with Crippen molar-refractivity contribution in [2.24, 2.45) is 33.7 Å². The van der Waals surface area contributed by atoms with Crippen LogP contribution >= 0.6 is 0 Å². The van der Waals surface area contributed by atoms with Crippen LogP contribution in [0.1, 0.15) is 65.2 Å². The highest BCUT2D eigenvalue weighted by Gasteiger charge is 2.58. The molecule has 6 unspecified atom stereocenters. The van der Waals surface area contributed by atoms with Crippen molar-refractivity contribution in [3.05, 3.63) is 11.6 Å². The van der Waals surface area contributed by atoms with Crippen molar-refractivity contribution in [1.29, 1.82) is 0 Å². The molecule has 4 aliphatic carbocycles. The third kappa shape index (κ3) is 3.27. The van der Waals surface area contributed by atoms with Gasteiger partial charge in [-0.25, -0.2) is 0 Å². The lowest BCUT2D eigenvalue weighted by Gasteiger charge is -2.57. The number of likely N-dealkylation sites (N-methyl/N-ethyl adjacent to an activating group) is 1. The lowest BCUT2D eigenvalue weighted by Crippen LogP contribution is -2.51. The van der Waals surface area contributed by atoms with Crippen LogP contribution in [-0.2, 0) is 4.84 Å². The zero-order valence-corrected chi connectivity index (χ0v) is 17.7.